The summed E-state index contributed by atoms with van der Waals surface area (Å²) in [5, 5.41) is 63.1. The van der Waals surface area contributed by atoms with E-state index in [-0.39, 0.29) is 102 Å². The maximum absolute atomic E-state index is 14.5. The summed E-state index contributed by atoms with van der Waals surface area (Å²) in [6.45, 7) is -2.03. The minimum absolute atomic E-state index is 0.00200. The predicted molar refractivity (Wildman–Crippen MR) is 415 cm³/mol. The van der Waals surface area contributed by atoms with E-state index < -0.39 is 194 Å². The Labute approximate surface area is 660 Å². The van der Waals surface area contributed by atoms with Crippen LogP contribution in [0.25, 0.3) is 0 Å². The van der Waals surface area contributed by atoms with Gasteiger partial charge in [0.15, 0.2) is 0 Å². The molecule has 634 valence electrons. The van der Waals surface area contributed by atoms with Crippen molar-refractivity contribution in [3.8, 4) is 5.75 Å². The molecule has 0 fully saturated rings. The van der Waals surface area contributed by atoms with Gasteiger partial charge in [0.1, 0.15) is 66.7 Å². The lowest BCUT2D eigenvalue weighted by Gasteiger charge is -2.27. The van der Waals surface area contributed by atoms with Gasteiger partial charge >= 0.3 is 5.97 Å². The molecule has 0 bridgehead atoms. The third-order valence-corrected chi connectivity index (χ3v) is 17.7. The zero-order valence-corrected chi connectivity index (χ0v) is 64.7. The molecule has 1 heterocycles. The highest BCUT2D eigenvalue weighted by Gasteiger charge is 2.35. The van der Waals surface area contributed by atoms with E-state index in [0.29, 0.717) is 101 Å². The van der Waals surface area contributed by atoms with Crippen LogP contribution >= 0.6 is 12.6 Å². The van der Waals surface area contributed by atoms with Crippen molar-refractivity contribution < 1.29 is 92.0 Å². The number of carbonyl (C=O) groups excluding carboxylic acids is 15. The fourth-order valence-corrected chi connectivity index (χ4v) is 11.2. The second kappa shape index (κ2) is 57.8. The number of thiol groups is 1. The van der Waals surface area contributed by atoms with Gasteiger partial charge in [-0.2, -0.15) is 12.6 Å². The molecule has 0 saturated carbocycles. The van der Waals surface area contributed by atoms with Crippen LogP contribution in [0.3, 0.4) is 0 Å². The van der Waals surface area contributed by atoms with Gasteiger partial charge in [0.05, 0.1) is 38.6 Å². The van der Waals surface area contributed by atoms with E-state index in [0.717, 1.165) is 0 Å². The number of benzene rings is 1. The molecule has 1 aromatic carbocycles. The van der Waals surface area contributed by atoms with Crippen molar-refractivity contribution in [2.45, 2.75) is 208 Å². The first-order chi connectivity index (χ1) is 54.0. The largest absolute Gasteiger partial charge is 0.508 e. The first-order valence-corrected chi connectivity index (χ1v) is 38.5. The number of carbonyl (C=O) groups is 16. The number of aromatic hydroxyl groups is 1. The van der Waals surface area contributed by atoms with Crippen molar-refractivity contribution in [1.29, 1.82) is 0 Å². The number of imidazole rings is 1. The molecule has 2 aromatic rings. The fraction of sp³-hybridized carbons (Fsp3) is 0.643. The van der Waals surface area contributed by atoms with Crippen LogP contribution in [-0.2, 0) is 89.6 Å². The van der Waals surface area contributed by atoms with Crippen LogP contribution in [0.15, 0.2) is 36.8 Å². The molecule has 0 aliphatic heterocycles. The second-order valence-electron chi connectivity index (χ2n) is 26.7. The molecule has 2 rings (SSSR count). The third-order valence-electron chi connectivity index (χ3n) is 17.3. The van der Waals surface area contributed by atoms with Gasteiger partial charge in [-0.25, -0.2) is 4.98 Å². The number of phenols is 1. The standard InChI is InChI=1S/C70H119N23O19S/c71-26-8-3-14-46(62(104)81-36-58(99)80-35-57(98)79-31-13-1-2-19-56(97)85-48(16-5-10-28-73)65(107)88-47(15-4-9-27-72)63(105)82-37-59(100)86-53(39-94)64(106)83-38-60(101)102)89-67(109)50(18-7-12-30-75)90-69(111)52(33-43-34-78-41-84-43)92-70(112)54(40-113)93-68(110)51(24-25-55(77)96)91-66(108)49(17-6-11-29-74)87-61(103)45(76)32-42-20-22-44(95)23-21-42/h20-23,34,41,45-54,94-95,113H,1-19,24-33,35-40,71-76H2,(H2,77,96)(H,78,84)(H,79,98)(H,80,99)(H,81,104)(H,82,105)(H,83,106)(H,85,97)(H,86,100)(H,87,103)(H,88,107)(H,89,109)(H,90,111)(H,91,108)(H,92,112)(H,93,110)(H,101,102)/t45-,46-,47-,48-,49-,50-,51-,52-,53-,54-/m0/s1. The number of carboxylic acid groups (broad SMARTS) is 1. The summed E-state index contributed by atoms with van der Waals surface area (Å²) < 4.78 is 0. The number of rotatable bonds is 62. The van der Waals surface area contributed by atoms with Crippen LogP contribution in [0.1, 0.15) is 146 Å². The summed E-state index contributed by atoms with van der Waals surface area (Å²) in [5.74, 6) is -13.8. The Balaban J connectivity index is 2.10. The molecule has 0 unspecified atom stereocenters. The second-order valence-corrected chi connectivity index (χ2v) is 27.1. The van der Waals surface area contributed by atoms with Crippen LogP contribution in [0.2, 0.25) is 0 Å². The summed E-state index contributed by atoms with van der Waals surface area (Å²) >= 11 is 4.30. The summed E-state index contributed by atoms with van der Waals surface area (Å²) in [4.78, 5) is 219. The van der Waals surface area contributed by atoms with Crippen molar-refractivity contribution in [3.63, 3.8) is 0 Å². The quantitative estimate of drug-likeness (QED) is 0.0216. The van der Waals surface area contributed by atoms with Gasteiger partial charge in [-0.3, -0.25) is 76.7 Å². The van der Waals surface area contributed by atoms with Crippen LogP contribution in [0, 0.1) is 0 Å². The normalized spacial score (nSPS) is 13.6. The number of hydrogen-bond donors (Lipinski definition) is 26. The Morgan fingerprint density at radius 2 is 0.788 bits per heavy atom. The summed E-state index contributed by atoms with van der Waals surface area (Å²) in [6.07, 6.45) is 7.29. The molecule has 0 aliphatic carbocycles. The average Bonchev–Trinajstić information content (AvgIpc) is 1.66. The van der Waals surface area contributed by atoms with E-state index in [1.165, 1.54) is 24.7 Å². The van der Waals surface area contributed by atoms with E-state index in [1.54, 1.807) is 12.1 Å². The lowest BCUT2D eigenvalue weighted by Crippen LogP contribution is -2.60. The van der Waals surface area contributed by atoms with Crippen LogP contribution in [-0.4, -0.2) is 258 Å². The molecular weight excluding hydrogens is 1500 g/mol. The van der Waals surface area contributed by atoms with Crippen molar-refractivity contribution in [2.75, 3.05) is 77.8 Å². The molecule has 0 spiro atoms. The van der Waals surface area contributed by atoms with E-state index in [9.17, 15) is 86.9 Å². The number of aliphatic hydroxyl groups excluding tert-OH is 1. The minimum Gasteiger partial charge on any atom is -0.508 e. The molecule has 0 saturated heterocycles. The summed E-state index contributed by atoms with van der Waals surface area (Å²) in [5.41, 5.74) is 41.2. The Bertz CT molecular complexity index is 3330. The number of nitrogens with one attached hydrogen (secondary N) is 15. The molecule has 0 radical (unpaired) electrons. The first-order valence-electron chi connectivity index (χ1n) is 37.8. The fourth-order valence-electron chi connectivity index (χ4n) is 11.0. The topological polar surface area (TPSA) is 713 Å². The number of phenolic OH excluding ortho intramolecular Hbond substituents is 1. The molecule has 113 heavy (non-hydrogen) atoms. The Morgan fingerprint density at radius 1 is 0.398 bits per heavy atom. The number of aliphatic hydroxyl groups is 1. The minimum atomic E-state index is -1.52. The number of aliphatic carboxylic acids is 1. The highest BCUT2D eigenvalue weighted by Crippen LogP contribution is 2.14. The number of nitrogens with two attached hydrogens (primary N) is 7. The van der Waals surface area contributed by atoms with Crippen molar-refractivity contribution >= 4 is 107 Å². The number of aromatic nitrogens is 2. The van der Waals surface area contributed by atoms with Gasteiger partial charge in [0.2, 0.25) is 88.6 Å². The molecule has 10 atom stereocenters. The van der Waals surface area contributed by atoms with Crippen LogP contribution < -0.4 is 115 Å². The maximum atomic E-state index is 14.5. The Hall–Kier alpha value is -10.2. The smallest absolute Gasteiger partial charge is 0.322 e. The molecule has 32 N–H and O–H groups in total. The van der Waals surface area contributed by atoms with Crippen LogP contribution in [0.5, 0.6) is 5.75 Å². The lowest BCUT2D eigenvalue weighted by atomic mass is 10.0. The van der Waals surface area contributed by atoms with Gasteiger partial charge in [-0.1, -0.05) is 18.6 Å². The van der Waals surface area contributed by atoms with Gasteiger partial charge in [0.25, 0.3) is 0 Å². The zero-order valence-electron chi connectivity index (χ0n) is 63.8. The Morgan fingerprint density at radius 3 is 1.24 bits per heavy atom. The van der Waals surface area contributed by atoms with Gasteiger partial charge in [-0.15, -0.1) is 0 Å². The average molecular weight is 1620 g/mol. The SMILES string of the molecule is NCCCC[C@H](NC(=O)CCCCCNC(=O)CNC(=O)CNC(=O)[C@H](CCCCN)NC(=O)[C@H](CCCCN)NC(=O)[C@H](Cc1cnc[nH]1)NC(=O)[C@H](CS)NC(=O)[C@H](CCC(N)=O)NC(=O)[C@H](CCCCN)NC(=O)[C@@H](N)Cc1ccc(O)cc1)C(=O)N[C@@H](CCCCN)C(=O)NCC(=O)N[C@@H](CO)C(=O)NCC(=O)O. The summed E-state index contributed by atoms with van der Waals surface area (Å²) in [7, 11) is 0. The van der Waals surface area contributed by atoms with E-state index in [2.05, 4.69) is 91.7 Å². The van der Waals surface area contributed by atoms with E-state index in [1.807, 2.05) is 5.32 Å². The molecular formula is C70H119N23O19S. The molecule has 1 aromatic heterocycles. The number of carboxylic acids is 1. The molecule has 0 aliphatic rings. The molecule has 15 amide bonds. The number of amides is 15. The zero-order chi connectivity index (χ0) is 84.0. The van der Waals surface area contributed by atoms with E-state index >= 15 is 0 Å². The maximum Gasteiger partial charge on any atom is 0.322 e. The number of unbranched alkanes of at least 4 members (excludes halogenated alkanes) is 7. The number of nitrogens with zero attached hydrogens (tertiary/aromatic N) is 1. The predicted octanol–water partition coefficient (Wildman–Crippen LogP) is -8.35. The van der Waals surface area contributed by atoms with Gasteiger partial charge in [-0.05, 0) is 172 Å². The van der Waals surface area contributed by atoms with Gasteiger partial charge in [0, 0.05) is 43.5 Å². The number of primary amides is 1. The number of hydrogen-bond acceptors (Lipinski definition) is 26. The first kappa shape index (κ1) is 98.9. The molecule has 43 heteroatoms. The van der Waals surface area contributed by atoms with Crippen molar-refractivity contribution in [3.05, 3.63) is 48.0 Å². The number of aromatic amines is 1. The van der Waals surface area contributed by atoms with E-state index in [4.69, 9.17) is 45.2 Å². The van der Waals surface area contributed by atoms with Crippen molar-refractivity contribution in [2.24, 2.45) is 40.1 Å². The van der Waals surface area contributed by atoms with Gasteiger partial charge < -0.3 is 135 Å². The number of H-pyrrole nitrogens is 1. The summed E-state index contributed by atoms with van der Waals surface area (Å²) in [6, 6.07) is -7.37. The third kappa shape index (κ3) is 42.9. The Kier molecular flexibility index (Phi) is 50.6. The highest BCUT2D eigenvalue weighted by molar-refractivity contribution is 7.80. The van der Waals surface area contributed by atoms with Crippen molar-refractivity contribution in [1.82, 2.24) is 84.4 Å². The highest BCUT2D eigenvalue weighted by atomic mass is 32.1. The monoisotopic (exact) mass is 1620 g/mol. The lowest BCUT2D eigenvalue weighted by molar-refractivity contribution is -0.138. The molecule has 42 nitrogen and oxygen atoms in total. The van der Waals surface area contributed by atoms with Crippen LogP contribution in [0.4, 0.5) is 0 Å².